The topological polar surface area (TPSA) is 115 Å². The van der Waals surface area contributed by atoms with Crippen LogP contribution in [0.2, 0.25) is 0 Å². The van der Waals surface area contributed by atoms with Gasteiger partial charge in [0, 0.05) is 5.69 Å². The molecule has 4 aromatic carbocycles. The van der Waals surface area contributed by atoms with E-state index in [-0.39, 0.29) is 54.7 Å². The van der Waals surface area contributed by atoms with Crippen LogP contribution in [0.25, 0.3) is 11.1 Å². The number of aromatic hydroxyl groups is 1. The van der Waals surface area contributed by atoms with Gasteiger partial charge in [-0.2, -0.15) is 8.42 Å². The van der Waals surface area contributed by atoms with Gasteiger partial charge in [0.15, 0.2) is 0 Å². The molecule has 40 heavy (non-hydrogen) atoms. The van der Waals surface area contributed by atoms with Crippen LogP contribution in [0.5, 0.6) is 5.75 Å². The van der Waals surface area contributed by atoms with Gasteiger partial charge in [-0.15, -0.1) is 0 Å². The van der Waals surface area contributed by atoms with E-state index in [1.165, 1.54) is 36.4 Å². The number of amides is 1. The Bertz CT molecular complexity index is 1600. The molecule has 3 N–H and O–H groups in total. The third-order valence-corrected chi connectivity index (χ3v) is 7.98. The third-order valence-electron chi connectivity index (χ3n) is 7.08. The molecule has 1 saturated heterocycles. The average Bonchev–Trinajstić information content (AvgIpc) is 2.92. The van der Waals surface area contributed by atoms with Crippen molar-refractivity contribution < 1.29 is 63.4 Å². The van der Waals surface area contributed by atoms with E-state index in [0.717, 1.165) is 17.3 Å². The van der Waals surface area contributed by atoms with Crippen molar-refractivity contribution in [2.75, 3.05) is 4.90 Å². The molecular formula is C30H27FNNaO6S. The number of β-lactam (4-membered cyclic amide) rings is 1. The van der Waals surface area contributed by atoms with E-state index < -0.39 is 26.9 Å². The molecule has 1 fully saturated rings. The maximum Gasteiger partial charge on any atom is 1.00 e. The van der Waals surface area contributed by atoms with Crippen LogP contribution in [0.15, 0.2) is 102 Å². The summed E-state index contributed by atoms with van der Waals surface area (Å²) in [6.45, 7) is 0. The van der Waals surface area contributed by atoms with Crippen LogP contribution in [0.4, 0.5) is 10.1 Å². The van der Waals surface area contributed by atoms with Gasteiger partial charge >= 0.3 is 29.6 Å². The molecule has 3 atom stereocenters. The normalized spacial score (nSPS) is 17.6. The van der Waals surface area contributed by atoms with Crippen LogP contribution in [0.3, 0.4) is 0 Å². The number of para-hydroxylation sites is 1. The van der Waals surface area contributed by atoms with Crippen molar-refractivity contribution in [2.45, 2.75) is 29.9 Å². The summed E-state index contributed by atoms with van der Waals surface area (Å²) in [5, 5.41) is 20.7. The average molecular weight is 572 g/mol. The Kier molecular flexibility index (Phi) is 9.14. The minimum absolute atomic E-state index is 0. The fourth-order valence-electron chi connectivity index (χ4n) is 5.06. The van der Waals surface area contributed by atoms with Crippen LogP contribution in [-0.4, -0.2) is 29.1 Å². The quantitative estimate of drug-likeness (QED) is 0.170. The minimum Gasteiger partial charge on any atom is -1.00 e. The number of carbonyl (C=O) groups is 1. The molecule has 5 rings (SSSR count). The second-order valence-corrected chi connectivity index (χ2v) is 10.9. The van der Waals surface area contributed by atoms with Crippen LogP contribution in [0, 0.1) is 11.7 Å². The summed E-state index contributed by atoms with van der Waals surface area (Å²) in [4.78, 5) is 14.4. The molecule has 7 nitrogen and oxygen atoms in total. The summed E-state index contributed by atoms with van der Waals surface area (Å²) >= 11 is 0. The van der Waals surface area contributed by atoms with E-state index in [0.29, 0.717) is 29.5 Å². The Morgan fingerprint density at radius 2 is 1.52 bits per heavy atom. The largest absolute Gasteiger partial charge is 1.00 e. The van der Waals surface area contributed by atoms with Gasteiger partial charge < -0.3 is 16.5 Å². The molecule has 1 aliphatic heterocycles. The molecule has 0 radical (unpaired) electrons. The number of phenols is 1. The first-order chi connectivity index (χ1) is 18.6. The molecule has 4 aromatic rings. The van der Waals surface area contributed by atoms with E-state index in [1.807, 2.05) is 54.6 Å². The molecule has 1 aliphatic rings. The predicted octanol–water partition coefficient (Wildman–Crippen LogP) is 2.78. The van der Waals surface area contributed by atoms with Crippen molar-refractivity contribution in [1.82, 2.24) is 0 Å². The molecule has 10 heteroatoms. The fourth-order valence-corrected chi connectivity index (χ4v) is 5.63. The molecule has 0 aliphatic carbocycles. The van der Waals surface area contributed by atoms with Crippen molar-refractivity contribution in [3.63, 3.8) is 0 Å². The number of aliphatic hydroxyl groups excluding tert-OH is 1. The van der Waals surface area contributed by atoms with Gasteiger partial charge in [-0.1, -0.05) is 60.7 Å². The van der Waals surface area contributed by atoms with Gasteiger partial charge in [-0.3, -0.25) is 9.35 Å². The monoisotopic (exact) mass is 571 g/mol. The first-order valence-corrected chi connectivity index (χ1v) is 13.8. The summed E-state index contributed by atoms with van der Waals surface area (Å²) in [7, 11) is -4.54. The molecule has 0 aromatic heterocycles. The van der Waals surface area contributed by atoms with Crippen molar-refractivity contribution >= 4 is 21.7 Å². The maximum atomic E-state index is 13.3. The van der Waals surface area contributed by atoms with Crippen LogP contribution >= 0.6 is 0 Å². The second kappa shape index (κ2) is 12.2. The van der Waals surface area contributed by atoms with E-state index >= 15 is 0 Å². The Morgan fingerprint density at radius 3 is 2.12 bits per heavy atom. The van der Waals surface area contributed by atoms with Gasteiger partial charge in [0.25, 0.3) is 10.1 Å². The van der Waals surface area contributed by atoms with E-state index in [4.69, 9.17) is 0 Å². The minimum atomic E-state index is -4.54. The molecule has 0 spiro atoms. The number of hydrogen-bond donors (Lipinski definition) is 3. The number of nitrogens with zero attached hydrogens (tertiary/aromatic N) is 1. The molecule has 0 saturated carbocycles. The van der Waals surface area contributed by atoms with Gasteiger partial charge in [0.2, 0.25) is 5.91 Å². The van der Waals surface area contributed by atoms with E-state index in [2.05, 4.69) is 0 Å². The zero-order chi connectivity index (χ0) is 27.7. The van der Waals surface area contributed by atoms with Crippen molar-refractivity contribution in [3.05, 3.63) is 114 Å². The summed E-state index contributed by atoms with van der Waals surface area (Å²) in [5.74, 6) is -1.36. The SMILES string of the molecule is O=C1[C@H](CC[C@H](O)c2ccc(F)cc2)[C@@H](c2ccc(-c3ccc(S(=O)(=O)O)c(O)c3)cc2)N1c1ccccc1.[H-].[Na+]. The Balaban J connectivity index is 0.00000231. The van der Waals surface area contributed by atoms with E-state index in [9.17, 15) is 32.4 Å². The first-order valence-electron chi connectivity index (χ1n) is 12.4. The van der Waals surface area contributed by atoms with E-state index in [1.54, 1.807) is 4.90 Å². The Hall–Kier alpha value is -3.05. The molecule has 1 amide bonds. The van der Waals surface area contributed by atoms with Crippen LogP contribution in [0.1, 0.15) is 37.5 Å². The van der Waals surface area contributed by atoms with Crippen molar-refractivity contribution in [3.8, 4) is 16.9 Å². The summed E-state index contributed by atoms with van der Waals surface area (Å²) < 4.78 is 45.3. The van der Waals surface area contributed by atoms with Gasteiger partial charge in [0.1, 0.15) is 16.5 Å². The van der Waals surface area contributed by atoms with Gasteiger partial charge in [-0.05, 0) is 71.5 Å². The number of benzene rings is 4. The van der Waals surface area contributed by atoms with Crippen molar-refractivity contribution in [2.24, 2.45) is 5.92 Å². The number of carbonyl (C=O) groups excluding carboxylic acids is 1. The molecule has 202 valence electrons. The standard InChI is InChI=1S/C30H26FNO6S.Na.H/c31-23-13-10-20(11-14-23)26(33)16-15-25-29(32(30(25)35)24-4-2-1-3-5-24)21-8-6-19(7-9-21)22-12-17-28(27(34)18-22)39(36,37)38;;/h1-14,17-18,25-26,29,33-34H,15-16H2,(H,36,37,38);;/q;+1;-1/t25-,26+,29-;;/m1../s1. The summed E-state index contributed by atoms with van der Waals surface area (Å²) in [6.07, 6.45) is -0.0675. The Morgan fingerprint density at radius 1 is 0.900 bits per heavy atom. The van der Waals surface area contributed by atoms with Gasteiger partial charge in [0.05, 0.1) is 18.1 Å². The van der Waals surface area contributed by atoms with Crippen LogP contribution < -0.4 is 34.5 Å². The third kappa shape index (κ3) is 6.15. The molecule has 0 unspecified atom stereocenters. The zero-order valence-corrected chi connectivity index (χ0v) is 24.5. The molecular weight excluding hydrogens is 544 g/mol. The first kappa shape index (κ1) is 29.9. The number of halogens is 1. The Labute approximate surface area is 255 Å². The number of phenolic OH excluding ortho intramolecular Hbond substituents is 1. The molecule has 1 heterocycles. The number of anilines is 1. The maximum absolute atomic E-state index is 13.3. The summed E-state index contributed by atoms with van der Waals surface area (Å²) in [6, 6.07) is 26.0. The predicted molar refractivity (Wildman–Crippen MR) is 145 cm³/mol. The van der Waals surface area contributed by atoms with Crippen molar-refractivity contribution in [1.29, 1.82) is 0 Å². The van der Waals surface area contributed by atoms with Crippen LogP contribution in [-0.2, 0) is 14.9 Å². The number of aliphatic hydroxyl groups is 1. The number of rotatable bonds is 8. The number of hydrogen-bond acceptors (Lipinski definition) is 5. The summed E-state index contributed by atoms with van der Waals surface area (Å²) in [5.41, 5.74) is 3.48. The zero-order valence-electron chi connectivity index (χ0n) is 22.7. The second-order valence-electron chi connectivity index (χ2n) is 9.52. The fraction of sp³-hybridized carbons (Fsp3) is 0.167. The van der Waals surface area contributed by atoms with Gasteiger partial charge in [-0.25, -0.2) is 4.39 Å². The smallest absolute Gasteiger partial charge is 1.00 e. The molecule has 0 bridgehead atoms.